The molecular weight excluding hydrogens is 270 g/mol. The first-order valence-corrected chi connectivity index (χ1v) is 5.08. The van der Waals surface area contributed by atoms with Gasteiger partial charge in [0.15, 0.2) is 0 Å². The van der Waals surface area contributed by atoms with Gasteiger partial charge in [0.2, 0.25) is 5.88 Å². The van der Waals surface area contributed by atoms with Crippen molar-refractivity contribution in [1.29, 1.82) is 5.26 Å². The molecule has 3 nitrogen and oxygen atoms in total. The predicted molar refractivity (Wildman–Crippen MR) is 53.1 cm³/mol. The molecule has 0 aliphatic rings. The van der Waals surface area contributed by atoms with Gasteiger partial charge in [0.25, 0.3) is 6.43 Å². The molecule has 0 aliphatic carbocycles. The zero-order valence-corrected chi connectivity index (χ0v) is 9.38. The van der Waals surface area contributed by atoms with Crippen LogP contribution in [0.5, 0.6) is 5.88 Å². The average Bonchev–Trinajstić information content (AvgIpc) is 2.26. The molecular formula is C9H7BrF2N2O. The van der Waals surface area contributed by atoms with Crippen LogP contribution in [0.1, 0.15) is 23.2 Å². The Balaban J connectivity index is 3.41. The van der Waals surface area contributed by atoms with E-state index in [9.17, 15) is 8.78 Å². The molecule has 0 bridgehead atoms. The first-order chi connectivity index (χ1) is 7.13. The molecule has 0 aromatic carbocycles. The van der Waals surface area contributed by atoms with Crippen LogP contribution in [0.2, 0.25) is 0 Å². The van der Waals surface area contributed by atoms with Crippen molar-refractivity contribution >= 4 is 15.9 Å². The van der Waals surface area contributed by atoms with E-state index in [1.54, 1.807) is 0 Å². The highest BCUT2D eigenvalue weighted by Crippen LogP contribution is 2.28. The highest BCUT2D eigenvalue weighted by atomic mass is 79.9. The summed E-state index contributed by atoms with van der Waals surface area (Å²) in [5, 5.41) is 8.94. The zero-order valence-electron chi connectivity index (χ0n) is 7.80. The summed E-state index contributed by atoms with van der Waals surface area (Å²) in [5.74, 6) is 0.0200. The average molecular weight is 277 g/mol. The van der Waals surface area contributed by atoms with Crippen molar-refractivity contribution in [2.45, 2.75) is 11.8 Å². The van der Waals surface area contributed by atoms with Gasteiger partial charge in [-0.2, -0.15) is 5.26 Å². The molecule has 0 saturated heterocycles. The third kappa shape index (κ3) is 2.42. The fraction of sp³-hybridized carbons (Fsp3) is 0.333. The van der Waals surface area contributed by atoms with Gasteiger partial charge in [0, 0.05) is 17.0 Å². The highest BCUT2D eigenvalue weighted by molar-refractivity contribution is 9.08. The summed E-state index contributed by atoms with van der Waals surface area (Å²) in [5.41, 5.74) is -0.0647. The van der Waals surface area contributed by atoms with E-state index in [0.717, 1.165) is 0 Å². The number of alkyl halides is 3. The summed E-state index contributed by atoms with van der Waals surface area (Å²) >= 11 is 3.05. The van der Waals surface area contributed by atoms with Gasteiger partial charge in [-0.3, -0.25) is 0 Å². The molecule has 1 heterocycles. The Hall–Kier alpha value is -1.22. The molecule has 1 rings (SSSR count). The van der Waals surface area contributed by atoms with Crippen molar-refractivity contribution in [1.82, 2.24) is 4.98 Å². The van der Waals surface area contributed by atoms with Crippen molar-refractivity contribution in [3.8, 4) is 11.9 Å². The fourth-order valence-electron chi connectivity index (χ4n) is 1.09. The predicted octanol–water partition coefficient (Wildman–Crippen LogP) is 2.79. The zero-order chi connectivity index (χ0) is 11.4. The van der Waals surface area contributed by atoms with E-state index < -0.39 is 12.1 Å². The van der Waals surface area contributed by atoms with Crippen molar-refractivity contribution in [3.63, 3.8) is 0 Å². The number of halogens is 3. The summed E-state index contributed by atoms with van der Waals surface area (Å²) < 4.78 is 29.9. The molecule has 6 heteroatoms. The minimum absolute atomic E-state index is 0.0200. The van der Waals surface area contributed by atoms with Gasteiger partial charge < -0.3 is 4.74 Å². The molecule has 1 aromatic rings. The van der Waals surface area contributed by atoms with Gasteiger partial charge in [-0.05, 0) is 0 Å². The SMILES string of the molecule is COc1cc(C#N)c(CBr)c(C(F)F)n1. The van der Waals surface area contributed by atoms with E-state index in [0.29, 0.717) is 0 Å². The highest BCUT2D eigenvalue weighted by Gasteiger charge is 2.19. The van der Waals surface area contributed by atoms with Crippen molar-refractivity contribution in [3.05, 3.63) is 22.9 Å². The molecule has 15 heavy (non-hydrogen) atoms. The molecule has 0 fully saturated rings. The number of hydrogen-bond donors (Lipinski definition) is 0. The van der Waals surface area contributed by atoms with Gasteiger partial charge >= 0.3 is 0 Å². The Kier molecular flexibility index (Phi) is 3.97. The van der Waals surface area contributed by atoms with E-state index in [-0.39, 0.29) is 22.3 Å². The van der Waals surface area contributed by atoms with Crippen LogP contribution in [-0.2, 0) is 5.33 Å². The third-order valence-electron chi connectivity index (χ3n) is 1.80. The second kappa shape index (κ2) is 5.03. The number of rotatable bonds is 3. The lowest BCUT2D eigenvalue weighted by Crippen LogP contribution is -2.02. The molecule has 0 radical (unpaired) electrons. The quantitative estimate of drug-likeness (QED) is 0.798. The van der Waals surface area contributed by atoms with Crippen LogP contribution < -0.4 is 4.74 Å². The molecule has 0 N–H and O–H groups in total. The molecule has 80 valence electrons. The number of nitrogens with zero attached hydrogens (tertiary/aromatic N) is 2. The van der Waals surface area contributed by atoms with E-state index in [1.807, 2.05) is 6.07 Å². The summed E-state index contributed by atoms with van der Waals surface area (Å²) in [4.78, 5) is 3.62. The Bertz CT molecular complexity index is 404. The number of hydrogen-bond acceptors (Lipinski definition) is 3. The van der Waals surface area contributed by atoms with Crippen LogP contribution in [0.25, 0.3) is 0 Å². The molecule has 0 atom stereocenters. The third-order valence-corrected chi connectivity index (χ3v) is 2.36. The van der Waals surface area contributed by atoms with Gasteiger partial charge in [0.05, 0.1) is 18.7 Å². The maximum Gasteiger partial charge on any atom is 0.280 e. The monoisotopic (exact) mass is 276 g/mol. The first-order valence-electron chi connectivity index (χ1n) is 3.96. The maximum absolute atomic E-state index is 12.6. The van der Waals surface area contributed by atoms with Gasteiger partial charge in [-0.25, -0.2) is 13.8 Å². The standard InChI is InChI=1S/C9H7BrF2N2O/c1-15-7-2-5(4-13)6(3-10)8(14-7)9(11)12/h2,9H,3H2,1H3. The van der Waals surface area contributed by atoms with Crippen LogP contribution >= 0.6 is 15.9 Å². The summed E-state index contributed by atoms with van der Waals surface area (Å²) in [6.07, 6.45) is -2.72. The lowest BCUT2D eigenvalue weighted by Gasteiger charge is -2.09. The number of pyridine rings is 1. The Morgan fingerprint density at radius 3 is 2.73 bits per heavy atom. The van der Waals surface area contributed by atoms with E-state index in [2.05, 4.69) is 20.9 Å². The normalized spacial score (nSPS) is 10.1. The summed E-state index contributed by atoms with van der Waals surface area (Å²) in [7, 11) is 1.31. The van der Waals surface area contributed by atoms with Crippen LogP contribution in [0.3, 0.4) is 0 Å². The number of nitriles is 1. The van der Waals surface area contributed by atoms with Gasteiger partial charge in [-0.1, -0.05) is 15.9 Å². The number of ether oxygens (including phenoxy) is 1. The van der Waals surface area contributed by atoms with E-state index in [1.165, 1.54) is 13.2 Å². The van der Waals surface area contributed by atoms with Crippen LogP contribution in [0.15, 0.2) is 6.07 Å². The second-order valence-corrected chi connectivity index (χ2v) is 3.18. The second-order valence-electron chi connectivity index (χ2n) is 2.62. The lowest BCUT2D eigenvalue weighted by molar-refractivity contribution is 0.144. The maximum atomic E-state index is 12.6. The fourth-order valence-corrected chi connectivity index (χ4v) is 1.68. The van der Waals surface area contributed by atoms with Crippen molar-refractivity contribution in [2.24, 2.45) is 0 Å². The van der Waals surface area contributed by atoms with Crippen LogP contribution in [-0.4, -0.2) is 12.1 Å². The Morgan fingerprint density at radius 2 is 2.33 bits per heavy atom. The minimum atomic E-state index is -2.72. The smallest absolute Gasteiger partial charge is 0.280 e. The molecule has 0 amide bonds. The molecule has 0 saturated carbocycles. The Morgan fingerprint density at radius 1 is 1.67 bits per heavy atom. The topological polar surface area (TPSA) is 45.9 Å². The molecule has 0 spiro atoms. The molecule has 0 unspecified atom stereocenters. The molecule has 0 aliphatic heterocycles. The first kappa shape index (κ1) is 11.9. The largest absolute Gasteiger partial charge is 0.481 e. The van der Waals surface area contributed by atoms with Gasteiger partial charge in [-0.15, -0.1) is 0 Å². The Labute approximate surface area is 93.8 Å². The summed E-state index contributed by atoms with van der Waals surface area (Å²) in [6.45, 7) is 0. The van der Waals surface area contributed by atoms with Gasteiger partial charge in [0.1, 0.15) is 5.69 Å². The van der Waals surface area contributed by atoms with Crippen LogP contribution in [0, 0.1) is 11.3 Å². The van der Waals surface area contributed by atoms with E-state index >= 15 is 0 Å². The summed E-state index contributed by atoms with van der Waals surface area (Å²) in [6, 6.07) is 3.17. The van der Waals surface area contributed by atoms with Crippen LogP contribution in [0.4, 0.5) is 8.78 Å². The number of methoxy groups -OCH3 is 1. The number of aromatic nitrogens is 1. The van der Waals surface area contributed by atoms with E-state index in [4.69, 9.17) is 10.00 Å². The van der Waals surface area contributed by atoms with Crippen molar-refractivity contribution in [2.75, 3.05) is 7.11 Å². The molecule has 1 aromatic heterocycles. The minimum Gasteiger partial charge on any atom is -0.481 e. The van der Waals surface area contributed by atoms with Crippen molar-refractivity contribution < 1.29 is 13.5 Å². The lowest BCUT2D eigenvalue weighted by atomic mass is 10.1.